The van der Waals surface area contributed by atoms with E-state index < -0.39 is 6.04 Å². The molecule has 1 atom stereocenters. The highest BCUT2D eigenvalue weighted by atomic mass is 19.1. The minimum Gasteiger partial charge on any atom is -0.353 e. The number of hydrogen-bond acceptors (Lipinski definition) is 3. The van der Waals surface area contributed by atoms with Gasteiger partial charge in [0.25, 0.3) is 0 Å². The van der Waals surface area contributed by atoms with Crippen LogP contribution in [0.1, 0.15) is 37.8 Å². The van der Waals surface area contributed by atoms with Crippen molar-refractivity contribution in [2.75, 3.05) is 6.54 Å². The van der Waals surface area contributed by atoms with Gasteiger partial charge in [0, 0.05) is 12.0 Å². The van der Waals surface area contributed by atoms with Crippen LogP contribution in [0.5, 0.6) is 0 Å². The van der Waals surface area contributed by atoms with Crippen LogP contribution < -0.4 is 5.32 Å². The lowest BCUT2D eigenvalue weighted by molar-refractivity contribution is -0.124. The standard InChI is InChI=1S/C16H19FN4O/c1-12(21-11-18-10-20-21)15(22)19-9-16(7-2-8-16)13-3-5-14(17)6-4-13/h3-6,10-12H,2,7-9H2,1H3,(H,19,22). The van der Waals surface area contributed by atoms with E-state index in [9.17, 15) is 9.18 Å². The van der Waals surface area contributed by atoms with Gasteiger partial charge in [-0.25, -0.2) is 14.1 Å². The van der Waals surface area contributed by atoms with Crippen LogP contribution in [0.15, 0.2) is 36.9 Å². The second kappa shape index (κ2) is 5.87. The summed E-state index contributed by atoms with van der Waals surface area (Å²) in [5, 5.41) is 6.99. The number of carbonyl (C=O) groups excluding carboxylic acids is 1. The summed E-state index contributed by atoms with van der Waals surface area (Å²) in [6, 6.07) is 6.21. The summed E-state index contributed by atoms with van der Waals surface area (Å²) in [7, 11) is 0. The molecular weight excluding hydrogens is 283 g/mol. The Morgan fingerprint density at radius 2 is 2.14 bits per heavy atom. The molecule has 5 nitrogen and oxygen atoms in total. The van der Waals surface area contributed by atoms with E-state index in [2.05, 4.69) is 15.4 Å². The Morgan fingerprint density at radius 3 is 2.68 bits per heavy atom. The number of nitrogens with one attached hydrogen (secondary N) is 1. The highest BCUT2D eigenvalue weighted by Crippen LogP contribution is 2.43. The Kier molecular flexibility index (Phi) is 3.92. The summed E-state index contributed by atoms with van der Waals surface area (Å²) in [6.45, 7) is 2.35. The minimum absolute atomic E-state index is 0.0640. The molecule has 2 aromatic rings. The van der Waals surface area contributed by atoms with Crippen LogP contribution in [0.2, 0.25) is 0 Å². The Morgan fingerprint density at radius 1 is 1.41 bits per heavy atom. The Labute approximate surface area is 128 Å². The van der Waals surface area contributed by atoms with E-state index in [1.54, 1.807) is 6.92 Å². The minimum atomic E-state index is -0.396. The van der Waals surface area contributed by atoms with E-state index in [-0.39, 0.29) is 17.1 Å². The van der Waals surface area contributed by atoms with Crippen LogP contribution in [-0.4, -0.2) is 27.2 Å². The fourth-order valence-corrected chi connectivity index (χ4v) is 2.92. The van der Waals surface area contributed by atoms with E-state index in [0.717, 1.165) is 24.8 Å². The van der Waals surface area contributed by atoms with Crippen LogP contribution in [0.4, 0.5) is 4.39 Å². The van der Waals surface area contributed by atoms with Crippen molar-refractivity contribution >= 4 is 5.91 Å². The first-order chi connectivity index (χ1) is 10.6. The van der Waals surface area contributed by atoms with Crippen molar-refractivity contribution in [2.24, 2.45) is 0 Å². The van der Waals surface area contributed by atoms with Gasteiger partial charge in [0.05, 0.1) is 0 Å². The number of rotatable bonds is 5. The van der Waals surface area contributed by atoms with Gasteiger partial charge < -0.3 is 5.32 Å². The quantitative estimate of drug-likeness (QED) is 0.921. The molecule has 0 spiro atoms. The molecule has 1 N–H and O–H groups in total. The predicted octanol–water partition coefficient (Wildman–Crippen LogP) is 2.22. The van der Waals surface area contributed by atoms with Crippen LogP contribution in [0.25, 0.3) is 0 Å². The Bertz CT molecular complexity index is 635. The first-order valence-corrected chi connectivity index (χ1v) is 7.49. The third-order valence-electron chi connectivity index (χ3n) is 4.58. The molecular formula is C16H19FN4O. The topological polar surface area (TPSA) is 59.8 Å². The maximum atomic E-state index is 13.1. The second-order valence-electron chi connectivity index (χ2n) is 5.91. The predicted molar refractivity (Wildman–Crippen MR) is 79.7 cm³/mol. The van der Waals surface area contributed by atoms with Gasteiger partial charge in [-0.1, -0.05) is 18.6 Å². The number of carbonyl (C=O) groups is 1. The van der Waals surface area contributed by atoms with E-state index in [4.69, 9.17) is 0 Å². The van der Waals surface area contributed by atoms with Crippen LogP contribution in [0.3, 0.4) is 0 Å². The van der Waals surface area contributed by atoms with Crippen molar-refractivity contribution in [3.8, 4) is 0 Å². The smallest absolute Gasteiger partial charge is 0.244 e. The molecule has 1 aliphatic carbocycles. The zero-order valence-electron chi connectivity index (χ0n) is 12.5. The summed E-state index contributed by atoms with van der Waals surface area (Å²) in [5.41, 5.74) is 1.03. The summed E-state index contributed by atoms with van der Waals surface area (Å²) < 4.78 is 14.6. The molecule has 1 amide bonds. The first kappa shape index (κ1) is 14.7. The highest BCUT2D eigenvalue weighted by molar-refractivity contribution is 5.79. The van der Waals surface area contributed by atoms with Gasteiger partial charge in [-0.2, -0.15) is 5.10 Å². The summed E-state index contributed by atoms with van der Waals surface area (Å²) in [4.78, 5) is 16.1. The van der Waals surface area contributed by atoms with Gasteiger partial charge in [0.15, 0.2) is 0 Å². The van der Waals surface area contributed by atoms with E-state index in [1.165, 1.54) is 29.5 Å². The molecule has 6 heteroatoms. The average Bonchev–Trinajstić information content (AvgIpc) is 3.01. The first-order valence-electron chi connectivity index (χ1n) is 7.49. The number of amides is 1. The molecule has 3 rings (SSSR count). The summed E-state index contributed by atoms with van der Waals surface area (Å²) >= 11 is 0. The van der Waals surface area contributed by atoms with Gasteiger partial charge in [0.1, 0.15) is 24.5 Å². The van der Waals surface area contributed by atoms with Crippen LogP contribution in [0, 0.1) is 5.82 Å². The molecule has 1 unspecified atom stereocenters. The molecule has 116 valence electrons. The number of hydrogen-bond donors (Lipinski definition) is 1. The zero-order chi connectivity index (χ0) is 15.6. The van der Waals surface area contributed by atoms with Gasteiger partial charge in [-0.05, 0) is 37.5 Å². The molecule has 0 bridgehead atoms. The SMILES string of the molecule is CC(C(=O)NCC1(c2ccc(F)cc2)CCC1)n1cncn1. The van der Waals surface area contributed by atoms with Gasteiger partial charge >= 0.3 is 0 Å². The molecule has 1 fully saturated rings. The van der Waals surface area contributed by atoms with Gasteiger partial charge in [0.2, 0.25) is 5.91 Å². The fourth-order valence-electron chi connectivity index (χ4n) is 2.92. The van der Waals surface area contributed by atoms with Crippen molar-refractivity contribution in [3.05, 3.63) is 48.3 Å². The highest BCUT2D eigenvalue weighted by Gasteiger charge is 2.39. The molecule has 1 saturated carbocycles. The van der Waals surface area contributed by atoms with Crippen LogP contribution >= 0.6 is 0 Å². The molecule has 0 aliphatic heterocycles. The molecule has 1 aliphatic rings. The normalized spacial score (nSPS) is 17.5. The average molecular weight is 302 g/mol. The van der Waals surface area contributed by atoms with Gasteiger partial charge in [-0.3, -0.25) is 4.79 Å². The number of nitrogens with zero attached hydrogens (tertiary/aromatic N) is 3. The lowest BCUT2D eigenvalue weighted by Crippen LogP contribution is -2.47. The maximum absolute atomic E-state index is 13.1. The molecule has 22 heavy (non-hydrogen) atoms. The molecule has 1 aromatic carbocycles. The fraction of sp³-hybridized carbons (Fsp3) is 0.438. The van der Waals surface area contributed by atoms with Crippen molar-refractivity contribution < 1.29 is 9.18 Å². The third kappa shape index (κ3) is 2.73. The Balaban J connectivity index is 1.66. The maximum Gasteiger partial charge on any atom is 0.244 e. The van der Waals surface area contributed by atoms with Gasteiger partial charge in [-0.15, -0.1) is 0 Å². The van der Waals surface area contributed by atoms with E-state index in [1.807, 2.05) is 12.1 Å². The molecule has 0 radical (unpaired) electrons. The third-order valence-corrected chi connectivity index (χ3v) is 4.58. The summed E-state index contributed by atoms with van der Waals surface area (Å²) in [6.07, 6.45) is 6.10. The van der Waals surface area contributed by atoms with E-state index in [0.29, 0.717) is 6.54 Å². The number of benzene rings is 1. The second-order valence-corrected chi connectivity index (χ2v) is 5.91. The van der Waals surface area contributed by atoms with Crippen molar-refractivity contribution in [2.45, 2.75) is 37.6 Å². The van der Waals surface area contributed by atoms with E-state index >= 15 is 0 Å². The van der Waals surface area contributed by atoms with Crippen LogP contribution in [-0.2, 0) is 10.2 Å². The van der Waals surface area contributed by atoms with Crippen molar-refractivity contribution in [1.82, 2.24) is 20.1 Å². The molecule has 1 heterocycles. The largest absolute Gasteiger partial charge is 0.353 e. The van der Waals surface area contributed by atoms with Crippen molar-refractivity contribution in [3.63, 3.8) is 0 Å². The monoisotopic (exact) mass is 302 g/mol. The summed E-state index contributed by atoms with van der Waals surface area (Å²) in [5.74, 6) is -0.319. The number of aromatic nitrogens is 3. The van der Waals surface area contributed by atoms with Crippen molar-refractivity contribution in [1.29, 1.82) is 0 Å². The number of halogens is 1. The zero-order valence-corrected chi connectivity index (χ0v) is 12.5. The Hall–Kier alpha value is -2.24. The molecule has 1 aromatic heterocycles. The lowest BCUT2D eigenvalue weighted by atomic mass is 9.64. The molecule has 0 saturated heterocycles. The lowest BCUT2D eigenvalue weighted by Gasteiger charge is -2.42.